The van der Waals surface area contributed by atoms with Gasteiger partial charge in [-0.25, -0.2) is 10.1 Å². The summed E-state index contributed by atoms with van der Waals surface area (Å²) in [4.78, 5) is 38.0. The van der Waals surface area contributed by atoms with Crippen molar-refractivity contribution in [2.45, 2.75) is 18.5 Å². The van der Waals surface area contributed by atoms with Gasteiger partial charge in [-0.3, -0.25) is 24.9 Å². The van der Waals surface area contributed by atoms with Gasteiger partial charge in [0.05, 0.1) is 5.69 Å². The number of aromatic amines is 1. The van der Waals surface area contributed by atoms with Crippen LogP contribution in [-0.2, 0) is 4.79 Å². The fraction of sp³-hybridized carbons (Fsp3) is 0.353. The van der Waals surface area contributed by atoms with Gasteiger partial charge in [-0.05, 0) is 18.6 Å². The number of amides is 1. The monoisotopic (exact) mass is 357 g/mol. The van der Waals surface area contributed by atoms with E-state index in [0.717, 1.165) is 0 Å². The predicted molar refractivity (Wildman–Crippen MR) is 91.9 cm³/mol. The van der Waals surface area contributed by atoms with Crippen LogP contribution in [0.5, 0.6) is 0 Å². The third-order valence-electron chi connectivity index (χ3n) is 5.03. The first-order chi connectivity index (χ1) is 12.5. The van der Waals surface area contributed by atoms with E-state index >= 15 is 0 Å². The predicted octanol–water partition coefficient (Wildman–Crippen LogP) is -0.443. The number of carbonyl (C=O) groups is 2. The zero-order valence-electron chi connectivity index (χ0n) is 13.9. The molecule has 9 heteroatoms. The highest BCUT2D eigenvalue weighted by Gasteiger charge is 2.44. The SMILES string of the molecule is O=C(O)C1NNC2CCN(C(=O)c3cc(=O)n(-c4ccccc4)[nH]3)CC21. The number of hydrogen-bond acceptors (Lipinski definition) is 5. The minimum atomic E-state index is -0.942. The molecule has 2 aliphatic rings. The number of para-hydroxylation sites is 1. The van der Waals surface area contributed by atoms with Gasteiger partial charge in [-0.1, -0.05) is 18.2 Å². The van der Waals surface area contributed by atoms with Crippen LogP contribution in [0.25, 0.3) is 5.69 Å². The summed E-state index contributed by atoms with van der Waals surface area (Å²) in [7, 11) is 0. The second-order valence-corrected chi connectivity index (χ2v) is 6.59. The summed E-state index contributed by atoms with van der Waals surface area (Å²) in [5, 5.41) is 12.2. The van der Waals surface area contributed by atoms with Gasteiger partial charge in [0.15, 0.2) is 0 Å². The van der Waals surface area contributed by atoms with E-state index in [1.165, 1.54) is 10.7 Å². The molecule has 2 aromatic rings. The molecule has 0 aliphatic carbocycles. The average molecular weight is 357 g/mol. The molecule has 1 aromatic heterocycles. The molecule has 2 fully saturated rings. The van der Waals surface area contributed by atoms with Gasteiger partial charge in [0.1, 0.15) is 11.7 Å². The molecule has 9 nitrogen and oxygen atoms in total. The lowest BCUT2D eigenvalue weighted by atomic mass is 9.88. The van der Waals surface area contributed by atoms with Crippen molar-refractivity contribution >= 4 is 11.9 Å². The Labute approximate surface area is 148 Å². The van der Waals surface area contributed by atoms with E-state index in [2.05, 4.69) is 16.0 Å². The molecule has 2 saturated heterocycles. The third kappa shape index (κ3) is 2.80. The standard InChI is InChI=1S/C17H19N5O4/c23-14-8-13(20-22(14)10-4-2-1-3-5-10)16(24)21-7-6-12-11(9-21)15(17(25)26)19-18-12/h1-5,8,11-12,15,18-20H,6-7,9H2,(H,25,26). The summed E-state index contributed by atoms with van der Waals surface area (Å²) in [5.41, 5.74) is 6.30. The first-order valence-electron chi connectivity index (χ1n) is 8.45. The van der Waals surface area contributed by atoms with Gasteiger partial charge in [-0.15, -0.1) is 0 Å². The lowest BCUT2D eigenvalue weighted by Crippen LogP contribution is -2.49. The molecule has 0 saturated carbocycles. The quantitative estimate of drug-likeness (QED) is 0.591. The van der Waals surface area contributed by atoms with E-state index in [1.807, 2.05) is 6.07 Å². The van der Waals surface area contributed by atoms with Gasteiger partial charge < -0.3 is 10.0 Å². The highest BCUT2D eigenvalue weighted by Crippen LogP contribution is 2.25. The summed E-state index contributed by atoms with van der Waals surface area (Å²) in [6, 6.07) is 9.56. The number of rotatable bonds is 3. The van der Waals surface area contributed by atoms with Crippen LogP contribution in [0.15, 0.2) is 41.2 Å². The van der Waals surface area contributed by atoms with Gasteiger partial charge in [0, 0.05) is 31.1 Å². The number of likely N-dealkylation sites (tertiary alicyclic amines) is 1. The lowest BCUT2D eigenvalue weighted by molar-refractivity contribution is -0.140. The van der Waals surface area contributed by atoms with Crippen LogP contribution in [0, 0.1) is 5.92 Å². The van der Waals surface area contributed by atoms with Crippen molar-refractivity contribution in [1.82, 2.24) is 25.5 Å². The molecule has 2 aliphatic heterocycles. The maximum atomic E-state index is 12.8. The van der Waals surface area contributed by atoms with Crippen molar-refractivity contribution in [2.24, 2.45) is 5.92 Å². The van der Waals surface area contributed by atoms with E-state index in [9.17, 15) is 19.5 Å². The first-order valence-corrected chi connectivity index (χ1v) is 8.45. The summed E-state index contributed by atoms with van der Waals surface area (Å²) in [6.45, 7) is 0.818. The molecule has 26 heavy (non-hydrogen) atoms. The Hall–Kier alpha value is -2.91. The molecule has 4 rings (SSSR count). The third-order valence-corrected chi connectivity index (χ3v) is 5.03. The molecule has 0 spiro atoms. The number of carboxylic acid groups (broad SMARTS) is 1. The normalized spacial score (nSPS) is 25.1. The van der Waals surface area contributed by atoms with Crippen molar-refractivity contribution in [3.8, 4) is 5.69 Å². The second-order valence-electron chi connectivity index (χ2n) is 6.59. The molecular formula is C17H19N5O4. The highest BCUT2D eigenvalue weighted by atomic mass is 16.4. The van der Waals surface area contributed by atoms with E-state index < -0.39 is 12.0 Å². The summed E-state index contributed by atoms with van der Waals surface area (Å²) in [5.74, 6) is -1.46. The molecule has 1 aromatic carbocycles. The number of aromatic nitrogens is 2. The fourth-order valence-corrected chi connectivity index (χ4v) is 3.68. The topological polar surface area (TPSA) is 119 Å². The molecule has 3 unspecified atom stereocenters. The molecule has 3 heterocycles. The molecule has 0 bridgehead atoms. The number of fused-ring (bicyclic) bond motifs is 1. The van der Waals surface area contributed by atoms with Crippen LogP contribution in [-0.4, -0.2) is 56.8 Å². The number of benzene rings is 1. The Morgan fingerprint density at radius 2 is 1.92 bits per heavy atom. The fourth-order valence-electron chi connectivity index (χ4n) is 3.68. The maximum absolute atomic E-state index is 12.8. The minimum Gasteiger partial charge on any atom is -0.480 e. The van der Waals surface area contributed by atoms with Crippen molar-refractivity contribution in [3.63, 3.8) is 0 Å². The molecule has 3 atom stereocenters. The van der Waals surface area contributed by atoms with Gasteiger partial charge in [-0.2, -0.15) is 0 Å². The number of piperidine rings is 1. The number of nitrogens with zero attached hydrogens (tertiary/aromatic N) is 2. The van der Waals surface area contributed by atoms with E-state index in [0.29, 0.717) is 25.2 Å². The second kappa shape index (κ2) is 6.43. The van der Waals surface area contributed by atoms with E-state index in [1.54, 1.807) is 29.2 Å². The number of hydrogen-bond donors (Lipinski definition) is 4. The molecule has 0 radical (unpaired) electrons. The molecule has 1 amide bonds. The summed E-state index contributed by atoms with van der Waals surface area (Å²) in [6.07, 6.45) is 0.650. The number of aliphatic carboxylic acids is 1. The summed E-state index contributed by atoms with van der Waals surface area (Å²) < 4.78 is 1.32. The minimum absolute atomic E-state index is 0.0214. The average Bonchev–Trinajstić information content (AvgIpc) is 3.25. The van der Waals surface area contributed by atoms with Crippen molar-refractivity contribution in [2.75, 3.05) is 13.1 Å². The van der Waals surface area contributed by atoms with Gasteiger partial charge in [0.2, 0.25) is 0 Å². The molecule has 136 valence electrons. The van der Waals surface area contributed by atoms with Crippen LogP contribution in [0.3, 0.4) is 0 Å². The Morgan fingerprint density at radius 1 is 1.15 bits per heavy atom. The number of nitrogens with one attached hydrogen (secondary N) is 3. The van der Waals surface area contributed by atoms with Crippen LogP contribution in [0.4, 0.5) is 0 Å². The Morgan fingerprint density at radius 3 is 2.65 bits per heavy atom. The van der Waals surface area contributed by atoms with E-state index in [4.69, 9.17) is 0 Å². The highest BCUT2D eigenvalue weighted by molar-refractivity contribution is 5.92. The van der Waals surface area contributed by atoms with Crippen LogP contribution in [0.2, 0.25) is 0 Å². The van der Waals surface area contributed by atoms with Crippen LogP contribution in [0.1, 0.15) is 16.9 Å². The smallest absolute Gasteiger partial charge is 0.322 e. The van der Waals surface area contributed by atoms with Crippen molar-refractivity contribution in [1.29, 1.82) is 0 Å². The largest absolute Gasteiger partial charge is 0.480 e. The van der Waals surface area contributed by atoms with Gasteiger partial charge in [0.25, 0.3) is 11.5 Å². The number of H-pyrrole nitrogens is 1. The molecule has 4 N–H and O–H groups in total. The van der Waals surface area contributed by atoms with Crippen molar-refractivity contribution < 1.29 is 14.7 Å². The van der Waals surface area contributed by atoms with Crippen LogP contribution < -0.4 is 16.4 Å². The summed E-state index contributed by atoms with van der Waals surface area (Å²) >= 11 is 0. The number of carboxylic acids is 1. The number of carbonyl (C=O) groups excluding carboxylic acids is 1. The van der Waals surface area contributed by atoms with Gasteiger partial charge >= 0.3 is 5.97 Å². The Bertz CT molecular complexity index is 890. The Kier molecular flexibility index (Phi) is 4.09. The zero-order valence-corrected chi connectivity index (χ0v) is 13.9. The molecular weight excluding hydrogens is 338 g/mol. The lowest BCUT2D eigenvalue weighted by Gasteiger charge is -2.35. The van der Waals surface area contributed by atoms with Crippen molar-refractivity contribution in [3.05, 3.63) is 52.4 Å². The Balaban J connectivity index is 1.55. The maximum Gasteiger partial charge on any atom is 0.322 e. The van der Waals surface area contributed by atoms with E-state index in [-0.39, 0.29) is 29.1 Å². The first kappa shape index (κ1) is 16.6. The number of hydrazine groups is 1. The zero-order chi connectivity index (χ0) is 18.3. The van der Waals surface area contributed by atoms with Crippen LogP contribution >= 0.6 is 0 Å².